The third-order valence-electron chi connectivity index (χ3n) is 10.3. The zero-order chi connectivity index (χ0) is 30.6. The van der Waals surface area contributed by atoms with Gasteiger partial charge >= 0.3 is 0 Å². The molecule has 0 spiro atoms. The number of fused-ring (bicyclic) bond motifs is 7. The minimum Gasteiger partial charge on any atom is -0.310 e. The summed E-state index contributed by atoms with van der Waals surface area (Å²) in [5, 5.41) is 2.57. The predicted molar refractivity (Wildman–Crippen MR) is 196 cm³/mol. The van der Waals surface area contributed by atoms with E-state index in [1.54, 1.807) is 0 Å². The van der Waals surface area contributed by atoms with Crippen molar-refractivity contribution in [2.45, 2.75) is 0 Å². The molecule has 0 bridgehead atoms. The van der Waals surface area contributed by atoms with Gasteiger partial charge in [-0.25, -0.2) is 4.98 Å². The van der Waals surface area contributed by atoms with Gasteiger partial charge in [0.05, 0.1) is 16.6 Å². The lowest BCUT2D eigenvalue weighted by molar-refractivity contribution is 1.09. The van der Waals surface area contributed by atoms with E-state index in [0.717, 1.165) is 16.9 Å². The maximum atomic E-state index is 5.27. The lowest BCUT2D eigenvalue weighted by Crippen LogP contribution is -2.59. The van der Waals surface area contributed by atoms with Gasteiger partial charge in [0.1, 0.15) is 5.82 Å². The van der Waals surface area contributed by atoms with Gasteiger partial charge in [0, 0.05) is 33.2 Å². The normalized spacial score (nSPS) is 12.6. The van der Waals surface area contributed by atoms with Gasteiger partial charge in [0.25, 0.3) is 6.71 Å². The van der Waals surface area contributed by atoms with E-state index in [0.29, 0.717) is 0 Å². The average Bonchev–Trinajstić information content (AvgIpc) is 3.70. The zero-order valence-electron chi connectivity index (χ0n) is 25.4. The molecule has 0 aliphatic carbocycles. The van der Waals surface area contributed by atoms with Gasteiger partial charge in [-0.2, -0.15) is 0 Å². The van der Waals surface area contributed by atoms with Crippen LogP contribution < -0.4 is 16.4 Å². The van der Waals surface area contributed by atoms with Gasteiger partial charge in [-0.1, -0.05) is 121 Å². The Morgan fingerprint density at radius 3 is 1.81 bits per heavy atom. The fourth-order valence-electron chi connectivity index (χ4n) is 8.36. The number of hydrogen-bond acceptors (Lipinski definition) is 1. The van der Waals surface area contributed by atoms with Crippen LogP contribution in [0.4, 0.5) is 0 Å². The first kappa shape index (κ1) is 25.1. The Bertz CT molecular complexity index is 2720. The van der Waals surface area contributed by atoms with E-state index in [2.05, 4.69) is 167 Å². The van der Waals surface area contributed by atoms with Gasteiger partial charge in [-0.15, -0.1) is 0 Å². The van der Waals surface area contributed by atoms with Crippen molar-refractivity contribution in [1.29, 1.82) is 0 Å². The van der Waals surface area contributed by atoms with Gasteiger partial charge < -0.3 is 4.57 Å². The van der Waals surface area contributed by atoms with Crippen LogP contribution in [0.3, 0.4) is 0 Å². The Kier molecular flexibility index (Phi) is 4.92. The van der Waals surface area contributed by atoms with Crippen molar-refractivity contribution in [3.63, 3.8) is 0 Å². The summed E-state index contributed by atoms with van der Waals surface area (Å²) >= 11 is 0. The lowest BCUT2D eigenvalue weighted by Gasteiger charge is -2.33. The molecule has 9 aromatic rings. The van der Waals surface area contributed by atoms with Gasteiger partial charge in [-0.05, 0) is 75.0 Å². The lowest BCUT2D eigenvalue weighted by atomic mass is 9.34. The highest BCUT2D eigenvalue weighted by Crippen LogP contribution is 2.40. The molecule has 4 heteroatoms. The standard InChI is InChI=1S/C43H26BN3/c1-4-12-27(13-5-1)30-22-23-37-32(24-30)33-25-31(28-14-6-2-7-15-28)26-35-41(33)46(37)38-20-11-21-39-40(38)44(35)34-18-10-19-36-42(34)47(39)43(45-36)29-16-8-3-9-17-29/h1-26H. The molecule has 0 radical (unpaired) electrons. The summed E-state index contributed by atoms with van der Waals surface area (Å²) in [6.45, 7) is 0.0780. The second kappa shape index (κ2) is 9.21. The van der Waals surface area contributed by atoms with Crippen LogP contribution in [0, 0.1) is 0 Å². The molecule has 0 unspecified atom stereocenters. The molecule has 11 rings (SSSR count). The molecule has 4 heterocycles. The molecule has 47 heavy (non-hydrogen) atoms. The van der Waals surface area contributed by atoms with Gasteiger partial charge in [-0.3, -0.25) is 4.57 Å². The van der Waals surface area contributed by atoms with E-state index in [9.17, 15) is 0 Å². The van der Waals surface area contributed by atoms with E-state index < -0.39 is 0 Å². The smallest absolute Gasteiger partial charge is 0.252 e. The topological polar surface area (TPSA) is 22.8 Å². The third-order valence-corrected chi connectivity index (χ3v) is 10.3. The van der Waals surface area contributed by atoms with Crippen molar-refractivity contribution in [1.82, 2.24) is 14.1 Å². The van der Waals surface area contributed by atoms with Crippen molar-refractivity contribution in [3.05, 3.63) is 158 Å². The van der Waals surface area contributed by atoms with E-state index in [-0.39, 0.29) is 6.71 Å². The second-order valence-corrected chi connectivity index (χ2v) is 12.8. The summed E-state index contributed by atoms with van der Waals surface area (Å²) in [5.74, 6) is 0.985. The number of nitrogens with zero attached hydrogens (tertiary/aromatic N) is 3. The highest BCUT2D eigenvalue weighted by atomic mass is 15.1. The average molecular weight is 596 g/mol. The minimum absolute atomic E-state index is 0.0780. The Morgan fingerprint density at radius 2 is 1.06 bits per heavy atom. The Morgan fingerprint density at radius 1 is 0.426 bits per heavy atom. The summed E-state index contributed by atoms with van der Waals surface area (Å²) in [7, 11) is 0. The van der Waals surface area contributed by atoms with Crippen molar-refractivity contribution in [2.24, 2.45) is 0 Å². The van der Waals surface area contributed by atoms with Crippen molar-refractivity contribution in [3.8, 4) is 45.0 Å². The van der Waals surface area contributed by atoms with E-state index in [1.165, 1.54) is 77.3 Å². The number of aromatic nitrogens is 3. The van der Waals surface area contributed by atoms with E-state index >= 15 is 0 Å². The molecule has 2 aliphatic rings. The van der Waals surface area contributed by atoms with Crippen molar-refractivity contribution in [2.75, 3.05) is 0 Å². The molecule has 7 aromatic carbocycles. The zero-order valence-corrected chi connectivity index (χ0v) is 25.4. The molecule has 216 valence electrons. The molecule has 0 atom stereocenters. The number of para-hydroxylation sites is 1. The highest BCUT2D eigenvalue weighted by Gasteiger charge is 2.41. The largest absolute Gasteiger partial charge is 0.310 e. The predicted octanol–water partition coefficient (Wildman–Crippen LogP) is 8.27. The second-order valence-electron chi connectivity index (χ2n) is 12.8. The highest BCUT2D eigenvalue weighted by molar-refractivity contribution is 7.00. The maximum absolute atomic E-state index is 5.27. The quantitative estimate of drug-likeness (QED) is 0.189. The SMILES string of the molecule is c1ccc(-c2ccc3c(c2)c2cc(-c4ccccc4)cc4c2n3-c2cccc3c2B4c2cccc4nc(-c5ccccc5)n-3c24)cc1. The number of benzene rings is 7. The van der Waals surface area contributed by atoms with Crippen LogP contribution in [0.1, 0.15) is 0 Å². The Balaban J connectivity index is 1.30. The molecular weight excluding hydrogens is 569 g/mol. The first-order chi connectivity index (χ1) is 23.3. The van der Waals surface area contributed by atoms with Crippen LogP contribution >= 0.6 is 0 Å². The first-order valence-corrected chi connectivity index (χ1v) is 16.3. The molecule has 2 aliphatic heterocycles. The molecular formula is C43H26BN3. The molecule has 0 saturated heterocycles. The Hall–Kier alpha value is -6.13. The van der Waals surface area contributed by atoms with Gasteiger partial charge in [0.15, 0.2) is 0 Å². The molecule has 0 N–H and O–H groups in total. The summed E-state index contributed by atoms with van der Waals surface area (Å²) in [6, 6.07) is 57.5. The molecule has 2 aromatic heterocycles. The summed E-state index contributed by atoms with van der Waals surface area (Å²) in [4.78, 5) is 5.27. The molecule has 0 fully saturated rings. The number of imidazole rings is 1. The minimum atomic E-state index is 0.0780. The molecule has 0 saturated carbocycles. The molecule has 3 nitrogen and oxygen atoms in total. The van der Waals surface area contributed by atoms with Crippen LogP contribution in [0.5, 0.6) is 0 Å². The summed E-state index contributed by atoms with van der Waals surface area (Å²) in [6.07, 6.45) is 0. The third kappa shape index (κ3) is 3.34. The first-order valence-electron chi connectivity index (χ1n) is 16.3. The Labute approximate surface area is 272 Å². The van der Waals surface area contributed by atoms with Crippen molar-refractivity contribution >= 4 is 55.9 Å². The fourth-order valence-corrected chi connectivity index (χ4v) is 8.36. The number of rotatable bonds is 3. The fraction of sp³-hybridized carbons (Fsp3) is 0. The van der Waals surface area contributed by atoms with Crippen LogP contribution in [-0.2, 0) is 0 Å². The summed E-state index contributed by atoms with van der Waals surface area (Å²) < 4.78 is 4.95. The monoisotopic (exact) mass is 595 g/mol. The van der Waals surface area contributed by atoms with Crippen molar-refractivity contribution < 1.29 is 0 Å². The molecule has 0 amide bonds. The van der Waals surface area contributed by atoms with Gasteiger partial charge in [0.2, 0.25) is 0 Å². The van der Waals surface area contributed by atoms with Crippen LogP contribution in [0.2, 0.25) is 0 Å². The van der Waals surface area contributed by atoms with E-state index in [4.69, 9.17) is 4.98 Å². The van der Waals surface area contributed by atoms with Crippen LogP contribution in [-0.4, -0.2) is 20.8 Å². The summed E-state index contributed by atoms with van der Waals surface area (Å²) in [5.41, 5.74) is 17.3. The number of hydrogen-bond donors (Lipinski definition) is 0. The maximum Gasteiger partial charge on any atom is 0.252 e. The van der Waals surface area contributed by atoms with Crippen LogP contribution in [0.25, 0.3) is 77.9 Å². The van der Waals surface area contributed by atoms with E-state index in [1.807, 2.05) is 0 Å². The van der Waals surface area contributed by atoms with Crippen LogP contribution in [0.15, 0.2) is 158 Å².